The van der Waals surface area contributed by atoms with E-state index < -0.39 is 12.8 Å². The van der Waals surface area contributed by atoms with E-state index in [2.05, 4.69) is 0 Å². The Morgan fingerprint density at radius 2 is 0.826 bits per heavy atom. The third-order valence-electron chi connectivity index (χ3n) is 4.01. The third-order valence-corrected chi connectivity index (χ3v) is 5.66. The highest BCUT2D eigenvalue weighted by molar-refractivity contribution is 7.53. The van der Waals surface area contributed by atoms with Crippen LogP contribution in [-0.2, 0) is 9.72 Å². The highest BCUT2D eigenvalue weighted by atomic mass is 31.2. The second-order valence-corrected chi connectivity index (χ2v) is 7.11. The number of hydrogen-bond donors (Lipinski definition) is 2. The van der Waals surface area contributed by atoms with Gasteiger partial charge in [0.2, 0.25) is 0 Å². The number of rotatable bonds is 4. The summed E-state index contributed by atoms with van der Waals surface area (Å²) in [5.41, 5.74) is 1.72. The summed E-state index contributed by atoms with van der Waals surface area (Å²) in [6, 6.07) is 26.9. The van der Waals surface area contributed by atoms with Gasteiger partial charge in [0.05, 0.1) is 0 Å². The molecule has 0 saturated heterocycles. The zero-order chi connectivity index (χ0) is 16.3. The van der Waals surface area contributed by atoms with Crippen LogP contribution in [0.5, 0.6) is 0 Å². The second-order valence-electron chi connectivity index (χ2n) is 5.35. The summed E-state index contributed by atoms with van der Waals surface area (Å²) in [7, 11) is -4.57. The van der Waals surface area contributed by atoms with E-state index in [1.54, 1.807) is 72.8 Å². The van der Waals surface area contributed by atoms with Gasteiger partial charge < -0.3 is 9.79 Å². The quantitative estimate of drug-likeness (QED) is 0.560. The fourth-order valence-electron chi connectivity index (χ4n) is 3.04. The lowest BCUT2D eigenvalue weighted by molar-refractivity contribution is 0.349. The van der Waals surface area contributed by atoms with Crippen molar-refractivity contribution in [3.05, 3.63) is 108 Å². The summed E-state index contributed by atoms with van der Waals surface area (Å²) in [5.74, 6) is 0. The molecule has 0 amide bonds. The average Bonchev–Trinajstić information content (AvgIpc) is 2.57. The van der Waals surface area contributed by atoms with Gasteiger partial charge in [-0.15, -0.1) is 0 Å². The minimum atomic E-state index is -4.57. The molecule has 0 bridgehead atoms. The van der Waals surface area contributed by atoms with Crippen LogP contribution in [0.3, 0.4) is 0 Å². The van der Waals surface area contributed by atoms with Gasteiger partial charge >= 0.3 is 7.60 Å². The van der Waals surface area contributed by atoms with Crippen molar-refractivity contribution in [1.82, 2.24) is 0 Å². The molecule has 0 aliphatic rings. The molecule has 0 radical (unpaired) electrons. The fourth-order valence-corrected chi connectivity index (χ4v) is 4.50. The first-order valence-corrected chi connectivity index (χ1v) is 8.90. The molecule has 3 rings (SSSR count). The lowest BCUT2D eigenvalue weighted by atomic mass is 9.84. The first-order valence-electron chi connectivity index (χ1n) is 7.29. The van der Waals surface area contributed by atoms with E-state index in [-0.39, 0.29) is 0 Å². The molecular formula is C19H17O3P. The third kappa shape index (κ3) is 2.64. The van der Waals surface area contributed by atoms with E-state index in [1.807, 2.05) is 18.2 Å². The van der Waals surface area contributed by atoms with E-state index >= 15 is 0 Å². The molecule has 4 heteroatoms. The van der Waals surface area contributed by atoms with Crippen LogP contribution >= 0.6 is 7.60 Å². The maximum Gasteiger partial charge on any atom is 0.344 e. The maximum atomic E-state index is 12.7. The topological polar surface area (TPSA) is 57.5 Å². The molecule has 0 saturated carbocycles. The second kappa shape index (κ2) is 6.13. The summed E-state index contributed by atoms with van der Waals surface area (Å²) >= 11 is 0. The molecule has 0 fully saturated rings. The first kappa shape index (κ1) is 15.7. The molecule has 0 aliphatic carbocycles. The van der Waals surface area contributed by atoms with Crippen molar-refractivity contribution >= 4 is 7.60 Å². The van der Waals surface area contributed by atoms with Gasteiger partial charge in [0.25, 0.3) is 0 Å². The van der Waals surface area contributed by atoms with Crippen molar-refractivity contribution in [3.63, 3.8) is 0 Å². The highest BCUT2D eigenvalue weighted by Gasteiger charge is 2.51. The Balaban J connectivity index is 2.44. The molecule has 0 unspecified atom stereocenters. The monoisotopic (exact) mass is 324 g/mol. The van der Waals surface area contributed by atoms with Crippen molar-refractivity contribution in [2.75, 3.05) is 0 Å². The highest BCUT2D eigenvalue weighted by Crippen LogP contribution is 2.64. The van der Waals surface area contributed by atoms with Crippen LogP contribution in [0.1, 0.15) is 16.7 Å². The predicted molar refractivity (Wildman–Crippen MR) is 91.3 cm³/mol. The average molecular weight is 324 g/mol. The van der Waals surface area contributed by atoms with Crippen molar-refractivity contribution in [3.8, 4) is 0 Å². The SMILES string of the molecule is O=P(O)(O)C(c1ccccc1)(c1ccccc1)c1ccccc1. The van der Waals surface area contributed by atoms with Crippen LogP contribution in [-0.4, -0.2) is 9.79 Å². The van der Waals surface area contributed by atoms with Gasteiger partial charge in [0, 0.05) is 0 Å². The Labute approximate surface area is 135 Å². The summed E-state index contributed by atoms with van der Waals surface area (Å²) in [5, 5.41) is -1.52. The van der Waals surface area contributed by atoms with E-state index in [0.717, 1.165) is 0 Å². The van der Waals surface area contributed by atoms with Gasteiger partial charge in [0.1, 0.15) is 5.16 Å². The molecule has 0 aliphatic heterocycles. The molecule has 23 heavy (non-hydrogen) atoms. The summed E-state index contributed by atoms with van der Waals surface area (Å²) in [6.07, 6.45) is 0. The van der Waals surface area contributed by atoms with E-state index in [1.165, 1.54) is 0 Å². The maximum absolute atomic E-state index is 12.7. The Morgan fingerprint density at radius 3 is 1.04 bits per heavy atom. The molecule has 3 aromatic rings. The van der Waals surface area contributed by atoms with Crippen molar-refractivity contribution in [2.24, 2.45) is 0 Å². The lowest BCUT2D eigenvalue weighted by Gasteiger charge is -2.36. The van der Waals surface area contributed by atoms with Gasteiger partial charge in [-0.3, -0.25) is 4.57 Å². The van der Waals surface area contributed by atoms with Gasteiger partial charge in [-0.25, -0.2) is 0 Å². The predicted octanol–water partition coefficient (Wildman–Crippen LogP) is 4.16. The van der Waals surface area contributed by atoms with Crippen LogP contribution in [0.4, 0.5) is 0 Å². The van der Waals surface area contributed by atoms with Crippen LogP contribution in [0.25, 0.3) is 0 Å². The number of benzene rings is 3. The standard InChI is InChI=1S/C19H17O3P/c20-23(21,22)19(16-10-4-1-5-11-16,17-12-6-2-7-13-17)18-14-8-3-9-15-18/h1-15H,(H2,20,21,22). The molecule has 0 spiro atoms. The van der Waals surface area contributed by atoms with Gasteiger partial charge in [-0.2, -0.15) is 0 Å². The Hall–Kier alpha value is -2.19. The minimum Gasteiger partial charge on any atom is -0.323 e. The van der Waals surface area contributed by atoms with Gasteiger partial charge in [-0.05, 0) is 16.7 Å². The van der Waals surface area contributed by atoms with Crippen LogP contribution in [0.15, 0.2) is 91.0 Å². The van der Waals surface area contributed by atoms with Crippen LogP contribution in [0, 0.1) is 0 Å². The smallest absolute Gasteiger partial charge is 0.323 e. The number of hydrogen-bond acceptors (Lipinski definition) is 1. The van der Waals surface area contributed by atoms with Crippen molar-refractivity contribution in [2.45, 2.75) is 5.16 Å². The van der Waals surface area contributed by atoms with Crippen LogP contribution in [0.2, 0.25) is 0 Å². The summed E-state index contributed by atoms with van der Waals surface area (Å²) in [4.78, 5) is 20.8. The normalized spacial score (nSPS) is 12.1. The zero-order valence-electron chi connectivity index (χ0n) is 12.4. The first-order chi connectivity index (χ1) is 11.1. The van der Waals surface area contributed by atoms with E-state index in [4.69, 9.17) is 0 Å². The van der Waals surface area contributed by atoms with Crippen LogP contribution < -0.4 is 0 Å². The van der Waals surface area contributed by atoms with E-state index in [9.17, 15) is 14.4 Å². The Kier molecular flexibility index (Phi) is 4.18. The molecular weight excluding hydrogens is 307 g/mol. The molecule has 0 aromatic heterocycles. The summed E-state index contributed by atoms with van der Waals surface area (Å²) in [6.45, 7) is 0. The minimum absolute atomic E-state index is 0.575. The summed E-state index contributed by atoms with van der Waals surface area (Å²) < 4.78 is 12.7. The molecule has 116 valence electrons. The molecule has 3 aromatic carbocycles. The fraction of sp³-hybridized carbons (Fsp3) is 0.0526. The lowest BCUT2D eigenvalue weighted by Crippen LogP contribution is -2.29. The molecule has 0 heterocycles. The Morgan fingerprint density at radius 1 is 0.565 bits per heavy atom. The van der Waals surface area contributed by atoms with Crippen molar-refractivity contribution in [1.29, 1.82) is 0 Å². The van der Waals surface area contributed by atoms with Gasteiger partial charge in [-0.1, -0.05) is 91.0 Å². The van der Waals surface area contributed by atoms with E-state index in [0.29, 0.717) is 16.7 Å². The largest absolute Gasteiger partial charge is 0.344 e. The zero-order valence-corrected chi connectivity index (χ0v) is 13.3. The molecule has 3 nitrogen and oxygen atoms in total. The van der Waals surface area contributed by atoms with Gasteiger partial charge in [0.15, 0.2) is 0 Å². The molecule has 2 N–H and O–H groups in total. The van der Waals surface area contributed by atoms with Crippen molar-refractivity contribution < 1.29 is 14.4 Å². The Bertz CT molecular complexity index is 714. The molecule has 0 atom stereocenters.